The van der Waals surface area contributed by atoms with Gasteiger partial charge in [-0.1, -0.05) is 29.5 Å². The first-order valence-corrected chi connectivity index (χ1v) is 10.3. The molecule has 1 amide bonds. The number of amides is 1. The molecule has 0 spiro atoms. The smallest absolute Gasteiger partial charge is 0.276 e. The number of likely N-dealkylation sites (tertiary alicyclic amines) is 2. The fraction of sp³-hybridized carbons (Fsp3) is 0.571. The van der Waals surface area contributed by atoms with E-state index in [1.54, 1.807) is 10.9 Å². The van der Waals surface area contributed by atoms with Crippen molar-refractivity contribution in [2.75, 3.05) is 26.2 Å². The highest BCUT2D eigenvalue weighted by Crippen LogP contribution is 2.22. The van der Waals surface area contributed by atoms with Gasteiger partial charge in [0, 0.05) is 25.7 Å². The summed E-state index contributed by atoms with van der Waals surface area (Å²) in [6.45, 7) is 5.99. The summed E-state index contributed by atoms with van der Waals surface area (Å²) < 4.78 is 1.73. The van der Waals surface area contributed by atoms with E-state index in [-0.39, 0.29) is 12.0 Å². The number of carbonyl (C=O) groups is 1. The highest BCUT2D eigenvalue weighted by Gasteiger charge is 2.30. The Morgan fingerprint density at radius 2 is 1.96 bits per heavy atom. The summed E-state index contributed by atoms with van der Waals surface area (Å²) in [6.07, 6.45) is 5.43. The molecule has 2 aliphatic rings. The molecule has 0 radical (unpaired) electrons. The molecule has 3 heterocycles. The Kier molecular flexibility index (Phi) is 5.73. The number of aryl methyl sites for hydroxylation is 1. The molecule has 1 N–H and O–H groups in total. The number of rotatable bonds is 4. The largest absolute Gasteiger partial charge is 0.392 e. The van der Waals surface area contributed by atoms with Crippen LogP contribution in [0.5, 0.6) is 0 Å². The summed E-state index contributed by atoms with van der Waals surface area (Å²) in [5.74, 6) is -0.0341. The van der Waals surface area contributed by atoms with Crippen LogP contribution in [0.3, 0.4) is 0 Å². The number of nitrogens with zero attached hydrogens (tertiary/aromatic N) is 5. The average molecular weight is 383 g/mol. The number of hydrogen-bond donors (Lipinski definition) is 1. The quantitative estimate of drug-likeness (QED) is 0.870. The van der Waals surface area contributed by atoms with Gasteiger partial charge in [-0.3, -0.25) is 9.69 Å². The molecule has 0 bridgehead atoms. The van der Waals surface area contributed by atoms with E-state index in [2.05, 4.69) is 34.3 Å². The van der Waals surface area contributed by atoms with E-state index < -0.39 is 0 Å². The van der Waals surface area contributed by atoms with Crippen LogP contribution >= 0.6 is 0 Å². The third-order valence-electron chi connectivity index (χ3n) is 6.05. The van der Waals surface area contributed by atoms with Gasteiger partial charge in [0.15, 0.2) is 5.69 Å². The fourth-order valence-corrected chi connectivity index (χ4v) is 4.35. The monoisotopic (exact) mass is 383 g/mol. The number of β-amino-alcohol motifs (C(OH)–C–C–N with tert-alkyl or cyclic N) is 1. The lowest BCUT2D eigenvalue weighted by molar-refractivity contribution is 0.0239. The Balaban J connectivity index is 1.33. The maximum atomic E-state index is 12.8. The highest BCUT2D eigenvalue weighted by atomic mass is 16.3. The number of benzene rings is 1. The first-order valence-electron chi connectivity index (χ1n) is 10.3. The van der Waals surface area contributed by atoms with Crippen LogP contribution in [-0.4, -0.2) is 74.1 Å². The molecule has 1 aromatic carbocycles. The van der Waals surface area contributed by atoms with Gasteiger partial charge in [-0.2, -0.15) is 0 Å². The van der Waals surface area contributed by atoms with Crippen LogP contribution in [0.15, 0.2) is 30.5 Å². The summed E-state index contributed by atoms with van der Waals surface area (Å²) in [5, 5.41) is 18.2. The molecular weight excluding hydrogens is 354 g/mol. The van der Waals surface area contributed by atoms with Crippen molar-refractivity contribution in [3.05, 3.63) is 47.3 Å². The van der Waals surface area contributed by atoms with Gasteiger partial charge in [-0.25, -0.2) is 4.68 Å². The number of piperidine rings is 2. The lowest BCUT2D eigenvalue weighted by Gasteiger charge is -2.41. The third-order valence-corrected chi connectivity index (χ3v) is 6.05. The molecule has 150 valence electrons. The zero-order valence-electron chi connectivity index (χ0n) is 16.5. The minimum absolute atomic E-state index is 0.0341. The molecule has 7 heteroatoms. The molecule has 0 saturated carbocycles. The second kappa shape index (κ2) is 8.41. The van der Waals surface area contributed by atoms with Crippen molar-refractivity contribution in [3.63, 3.8) is 0 Å². The summed E-state index contributed by atoms with van der Waals surface area (Å²) >= 11 is 0. The van der Waals surface area contributed by atoms with Gasteiger partial charge in [-0.05, 0) is 50.3 Å². The number of carbonyl (C=O) groups excluding carboxylic acids is 1. The lowest BCUT2D eigenvalue weighted by Crippen LogP contribution is -2.50. The second-order valence-corrected chi connectivity index (χ2v) is 8.04. The van der Waals surface area contributed by atoms with Gasteiger partial charge < -0.3 is 10.0 Å². The standard InChI is InChI=1S/C21H29N5O2/c1-16-5-2-3-6-17(16)13-26-15-20(22-23-26)21(28)24-11-8-18(9-12-24)25-10-4-7-19(27)14-25/h2-3,5-6,15,18-19,27H,4,7-14H2,1H3. The van der Waals surface area contributed by atoms with E-state index in [0.717, 1.165) is 51.9 Å². The zero-order valence-corrected chi connectivity index (χ0v) is 16.5. The van der Waals surface area contributed by atoms with Crippen LogP contribution in [0, 0.1) is 6.92 Å². The minimum atomic E-state index is -0.197. The summed E-state index contributed by atoms with van der Waals surface area (Å²) in [4.78, 5) is 17.1. The first kappa shape index (κ1) is 19.1. The van der Waals surface area contributed by atoms with E-state index in [4.69, 9.17) is 0 Å². The van der Waals surface area contributed by atoms with Crippen LogP contribution in [-0.2, 0) is 6.54 Å². The predicted molar refractivity (Wildman–Crippen MR) is 106 cm³/mol. The van der Waals surface area contributed by atoms with Gasteiger partial charge in [0.2, 0.25) is 0 Å². The van der Waals surface area contributed by atoms with Crippen LogP contribution in [0.4, 0.5) is 0 Å². The third kappa shape index (κ3) is 4.25. The van der Waals surface area contributed by atoms with Crippen molar-refractivity contribution in [2.45, 2.75) is 51.3 Å². The Bertz CT molecular complexity index is 813. The highest BCUT2D eigenvalue weighted by molar-refractivity contribution is 5.92. The van der Waals surface area contributed by atoms with Gasteiger partial charge in [-0.15, -0.1) is 5.10 Å². The molecule has 2 aromatic rings. The van der Waals surface area contributed by atoms with Crippen molar-refractivity contribution in [2.24, 2.45) is 0 Å². The number of hydrogen-bond acceptors (Lipinski definition) is 5. The van der Waals surface area contributed by atoms with Crippen LogP contribution in [0.2, 0.25) is 0 Å². The zero-order chi connectivity index (χ0) is 19.5. The number of aliphatic hydroxyl groups excluding tert-OH is 1. The maximum absolute atomic E-state index is 12.8. The van der Waals surface area contributed by atoms with Crippen LogP contribution in [0.25, 0.3) is 0 Å². The van der Waals surface area contributed by atoms with Gasteiger partial charge >= 0.3 is 0 Å². The molecule has 2 saturated heterocycles. The molecule has 1 aromatic heterocycles. The average Bonchev–Trinajstić information content (AvgIpc) is 3.18. The molecule has 1 atom stereocenters. The van der Waals surface area contributed by atoms with Gasteiger partial charge in [0.1, 0.15) is 0 Å². The molecule has 2 fully saturated rings. The minimum Gasteiger partial charge on any atom is -0.392 e. The van der Waals surface area contributed by atoms with Crippen molar-refractivity contribution < 1.29 is 9.90 Å². The Labute approximate surface area is 165 Å². The first-order chi connectivity index (χ1) is 13.6. The van der Waals surface area contributed by atoms with Crippen LogP contribution < -0.4 is 0 Å². The van der Waals surface area contributed by atoms with E-state index in [0.29, 0.717) is 18.3 Å². The van der Waals surface area contributed by atoms with E-state index >= 15 is 0 Å². The SMILES string of the molecule is Cc1ccccc1Cn1cc(C(=O)N2CCC(N3CCCC(O)C3)CC2)nn1. The maximum Gasteiger partial charge on any atom is 0.276 e. The molecular formula is C21H29N5O2. The topological polar surface area (TPSA) is 74.5 Å². The molecule has 28 heavy (non-hydrogen) atoms. The van der Waals surface area contributed by atoms with Crippen molar-refractivity contribution >= 4 is 5.91 Å². The van der Waals surface area contributed by atoms with E-state index in [1.807, 2.05) is 17.0 Å². The summed E-state index contributed by atoms with van der Waals surface area (Å²) in [7, 11) is 0. The fourth-order valence-electron chi connectivity index (χ4n) is 4.35. The number of aliphatic hydroxyl groups is 1. The predicted octanol–water partition coefficient (Wildman–Crippen LogP) is 1.70. The van der Waals surface area contributed by atoms with Crippen LogP contribution in [0.1, 0.15) is 47.3 Å². The van der Waals surface area contributed by atoms with Gasteiger partial charge in [0.25, 0.3) is 5.91 Å². The molecule has 1 unspecified atom stereocenters. The number of aromatic nitrogens is 3. The lowest BCUT2D eigenvalue weighted by atomic mass is 9.99. The van der Waals surface area contributed by atoms with Crippen molar-refractivity contribution in [1.82, 2.24) is 24.8 Å². The molecule has 0 aliphatic carbocycles. The normalized spacial score (nSPS) is 21.8. The Morgan fingerprint density at radius 3 is 2.71 bits per heavy atom. The second-order valence-electron chi connectivity index (χ2n) is 8.04. The summed E-state index contributed by atoms with van der Waals surface area (Å²) in [6, 6.07) is 8.64. The Morgan fingerprint density at radius 1 is 1.18 bits per heavy atom. The Hall–Kier alpha value is -2.25. The summed E-state index contributed by atoms with van der Waals surface area (Å²) in [5.41, 5.74) is 2.80. The van der Waals surface area contributed by atoms with E-state index in [1.165, 1.54) is 11.1 Å². The molecule has 7 nitrogen and oxygen atoms in total. The van der Waals surface area contributed by atoms with E-state index in [9.17, 15) is 9.90 Å². The van der Waals surface area contributed by atoms with Crippen molar-refractivity contribution in [1.29, 1.82) is 0 Å². The van der Waals surface area contributed by atoms with Crippen molar-refractivity contribution in [3.8, 4) is 0 Å². The molecule has 2 aliphatic heterocycles. The molecule has 4 rings (SSSR count). The van der Waals surface area contributed by atoms with Gasteiger partial charge in [0.05, 0.1) is 18.8 Å².